The van der Waals surface area contributed by atoms with Crippen LogP contribution in [0.1, 0.15) is 26.2 Å². The molecule has 0 aromatic heterocycles. The van der Waals surface area contributed by atoms with Crippen molar-refractivity contribution in [2.24, 2.45) is 11.1 Å². The molecule has 1 amide bonds. The first-order chi connectivity index (χ1) is 7.03. The minimum atomic E-state index is -0.545. The minimum absolute atomic E-state index is 0.0291. The molecule has 0 aliphatic heterocycles. The van der Waals surface area contributed by atoms with E-state index in [1.165, 1.54) is 0 Å². The lowest BCUT2D eigenvalue weighted by Crippen LogP contribution is -2.43. The number of nitrogens with two attached hydrogens (primary N) is 1. The molecule has 1 fully saturated rings. The van der Waals surface area contributed by atoms with E-state index in [9.17, 15) is 4.79 Å². The molecule has 1 aliphatic rings. The van der Waals surface area contributed by atoms with Crippen molar-refractivity contribution in [3.8, 4) is 0 Å². The molecule has 0 spiro atoms. The maximum atomic E-state index is 11.8. The van der Waals surface area contributed by atoms with Gasteiger partial charge in [-0.25, -0.2) is 0 Å². The molecule has 0 aromatic carbocycles. The largest absolute Gasteiger partial charge is 0.392 e. The summed E-state index contributed by atoms with van der Waals surface area (Å²) in [6.45, 7) is 2.59. The number of hydrogen-bond donors (Lipinski definition) is 2. The van der Waals surface area contributed by atoms with E-state index in [0.29, 0.717) is 11.6 Å². The van der Waals surface area contributed by atoms with Crippen LogP contribution in [0, 0.1) is 5.41 Å². The molecule has 0 saturated heterocycles. The predicted molar refractivity (Wildman–Crippen MR) is 62.6 cm³/mol. The first-order valence-corrected chi connectivity index (χ1v) is 5.53. The minimum Gasteiger partial charge on any atom is -0.392 e. The van der Waals surface area contributed by atoms with Gasteiger partial charge >= 0.3 is 0 Å². The van der Waals surface area contributed by atoms with Crippen LogP contribution in [0.4, 0.5) is 0 Å². The molecular formula is C10H18N2O2S. The van der Waals surface area contributed by atoms with E-state index in [1.54, 1.807) is 7.11 Å². The van der Waals surface area contributed by atoms with Gasteiger partial charge in [-0.1, -0.05) is 12.2 Å². The van der Waals surface area contributed by atoms with Crippen LogP contribution in [0.3, 0.4) is 0 Å². The predicted octanol–water partition coefficient (Wildman–Crippen LogP) is 0.594. The second kappa shape index (κ2) is 4.90. The third kappa shape index (κ3) is 2.89. The van der Waals surface area contributed by atoms with Gasteiger partial charge in [0.2, 0.25) is 5.91 Å². The summed E-state index contributed by atoms with van der Waals surface area (Å²) in [7, 11) is 1.64. The Labute approximate surface area is 95.5 Å². The number of amides is 1. The van der Waals surface area contributed by atoms with Crippen molar-refractivity contribution >= 4 is 23.1 Å². The molecule has 5 heteroatoms. The van der Waals surface area contributed by atoms with Gasteiger partial charge in [0.15, 0.2) is 0 Å². The average Bonchev–Trinajstić information content (AvgIpc) is 2.95. The number of methoxy groups -OCH3 is 1. The normalized spacial score (nSPS) is 19.3. The topological polar surface area (TPSA) is 64.3 Å². The van der Waals surface area contributed by atoms with Crippen molar-refractivity contribution in [1.82, 2.24) is 5.32 Å². The molecule has 1 saturated carbocycles. The fraction of sp³-hybridized carbons (Fsp3) is 0.800. The maximum Gasteiger partial charge on any atom is 0.233 e. The third-order valence-corrected chi connectivity index (χ3v) is 3.18. The zero-order chi connectivity index (χ0) is 11.5. The number of rotatable bonds is 6. The lowest BCUT2D eigenvalue weighted by molar-refractivity contribution is -0.124. The molecule has 1 unspecified atom stereocenters. The van der Waals surface area contributed by atoms with E-state index in [4.69, 9.17) is 22.7 Å². The van der Waals surface area contributed by atoms with Crippen LogP contribution >= 0.6 is 12.2 Å². The summed E-state index contributed by atoms with van der Waals surface area (Å²) in [4.78, 5) is 12.1. The van der Waals surface area contributed by atoms with E-state index >= 15 is 0 Å². The highest BCUT2D eigenvalue weighted by atomic mass is 32.1. The monoisotopic (exact) mass is 230 g/mol. The van der Waals surface area contributed by atoms with E-state index in [-0.39, 0.29) is 11.9 Å². The highest BCUT2D eigenvalue weighted by molar-refractivity contribution is 7.80. The molecule has 4 nitrogen and oxygen atoms in total. The van der Waals surface area contributed by atoms with E-state index < -0.39 is 5.41 Å². The number of hydrogen-bond acceptors (Lipinski definition) is 3. The smallest absolute Gasteiger partial charge is 0.233 e. The van der Waals surface area contributed by atoms with Crippen molar-refractivity contribution in [3.63, 3.8) is 0 Å². The van der Waals surface area contributed by atoms with Gasteiger partial charge < -0.3 is 15.8 Å². The molecule has 1 aliphatic carbocycles. The van der Waals surface area contributed by atoms with Crippen molar-refractivity contribution in [2.75, 3.05) is 13.7 Å². The summed E-state index contributed by atoms with van der Waals surface area (Å²) in [6.07, 6.45) is 2.37. The Morgan fingerprint density at radius 3 is 2.67 bits per heavy atom. The van der Waals surface area contributed by atoms with Gasteiger partial charge in [0.05, 0.1) is 10.4 Å². The second-order valence-corrected chi connectivity index (χ2v) is 4.54. The van der Waals surface area contributed by atoms with Gasteiger partial charge in [-0.2, -0.15) is 0 Å². The number of carbonyl (C=O) groups excluding carboxylic acids is 1. The molecule has 3 N–H and O–H groups in total. The summed E-state index contributed by atoms with van der Waals surface area (Å²) >= 11 is 4.90. The fourth-order valence-electron chi connectivity index (χ4n) is 1.44. The van der Waals surface area contributed by atoms with Gasteiger partial charge in [-0.05, 0) is 26.2 Å². The van der Waals surface area contributed by atoms with Crippen molar-refractivity contribution in [2.45, 2.75) is 32.2 Å². The van der Waals surface area contributed by atoms with Crippen LogP contribution in [0.15, 0.2) is 0 Å². The zero-order valence-electron chi connectivity index (χ0n) is 9.21. The molecule has 0 radical (unpaired) electrons. The van der Waals surface area contributed by atoms with Crippen LogP contribution in [0.2, 0.25) is 0 Å². The van der Waals surface area contributed by atoms with E-state index in [1.807, 2.05) is 6.92 Å². The van der Waals surface area contributed by atoms with Crippen LogP contribution in [0.5, 0.6) is 0 Å². The lowest BCUT2D eigenvalue weighted by atomic mass is 10.1. The van der Waals surface area contributed by atoms with Crippen molar-refractivity contribution in [3.05, 3.63) is 0 Å². The third-order valence-electron chi connectivity index (χ3n) is 2.79. The Morgan fingerprint density at radius 1 is 1.67 bits per heavy atom. The molecule has 86 valence electrons. The second-order valence-electron chi connectivity index (χ2n) is 4.10. The van der Waals surface area contributed by atoms with Crippen LogP contribution < -0.4 is 11.1 Å². The maximum absolute atomic E-state index is 11.8. The number of thiocarbonyl (C=S) groups is 1. The molecule has 1 atom stereocenters. The summed E-state index contributed by atoms with van der Waals surface area (Å²) in [5.41, 5.74) is 5.01. The number of ether oxygens (including phenoxy) is 1. The van der Waals surface area contributed by atoms with Gasteiger partial charge in [0.1, 0.15) is 0 Å². The van der Waals surface area contributed by atoms with E-state index in [2.05, 4.69) is 5.32 Å². The summed E-state index contributed by atoms with van der Waals surface area (Å²) in [5.74, 6) is -0.0291. The molecule has 0 bridgehead atoms. The lowest BCUT2D eigenvalue weighted by Gasteiger charge is -2.18. The van der Waals surface area contributed by atoms with Crippen molar-refractivity contribution in [1.29, 1.82) is 0 Å². The number of nitrogens with one attached hydrogen (secondary N) is 1. The molecule has 0 aromatic rings. The average molecular weight is 230 g/mol. The zero-order valence-corrected chi connectivity index (χ0v) is 10.0. The Kier molecular flexibility index (Phi) is 4.04. The Bertz CT molecular complexity index is 264. The van der Waals surface area contributed by atoms with Crippen LogP contribution in [0.25, 0.3) is 0 Å². The molecule has 0 heterocycles. The first kappa shape index (κ1) is 12.4. The van der Waals surface area contributed by atoms with Gasteiger partial charge in [0, 0.05) is 19.8 Å². The van der Waals surface area contributed by atoms with Gasteiger partial charge in [-0.15, -0.1) is 0 Å². The summed E-state index contributed by atoms with van der Waals surface area (Å²) < 4.78 is 4.94. The molecular weight excluding hydrogens is 212 g/mol. The van der Waals surface area contributed by atoms with Crippen LogP contribution in [-0.2, 0) is 9.53 Å². The molecule has 1 rings (SSSR count). The van der Waals surface area contributed by atoms with Crippen LogP contribution in [-0.4, -0.2) is 30.7 Å². The van der Waals surface area contributed by atoms with Gasteiger partial charge in [-0.3, -0.25) is 4.79 Å². The standard InChI is InChI=1S/C10H18N2O2S/c1-7(3-6-14-2)12-9(13)10(4-5-10)8(11)15/h7H,3-6H2,1-2H3,(H2,11,15)(H,12,13). The van der Waals surface area contributed by atoms with Crippen molar-refractivity contribution < 1.29 is 9.53 Å². The fourth-order valence-corrected chi connectivity index (χ4v) is 1.74. The Balaban J connectivity index is 2.39. The summed E-state index contributed by atoms with van der Waals surface area (Å²) in [5, 5.41) is 2.91. The molecule has 15 heavy (non-hydrogen) atoms. The highest BCUT2D eigenvalue weighted by Crippen LogP contribution is 2.46. The quantitative estimate of drug-likeness (QED) is 0.656. The Morgan fingerprint density at radius 2 is 2.27 bits per heavy atom. The van der Waals surface area contributed by atoms with E-state index in [0.717, 1.165) is 19.3 Å². The number of carbonyl (C=O) groups is 1. The Hall–Kier alpha value is -0.680. The van der Waals surface area contributed by atoms with Gasteiger partial charge in [0.25, 0.3) is 0 Å². The SMILES string of the molecule is COCCC(C)NC(=O)C1(C(N)=S)CC1. The highest BCUT2D eigenvalue weighted by Gasteiger charge is 2.52. The first-order valence-electron chi connectivity index (χ1n) is 5.13. The summed E-state index contributed by atoms with van der Waals surface area (Å²) in [6, 6.07) is 0.101.